The van der Waals surface area contributed by atoms with Gasteiger partial charge in [-0.1, -0.05) is 5.16 Å². The summed E-state index contributed by atoms with van der Waals surface area (Å²) in [6.45, 7) is 2.67. The Balaban J connectivity index is 2.70. The highest BCUT2D eigenvalue weighted by Crippen LogP contribution is 2.07. The van der Waals surface area contributed by atoms with E-state index in [0.717, 1.165) is 0 Å². The zero-order valence-corrected chi connectivity index (χ0v) is 10.1. The van der Waals surface area contributed by atoms with Crippen molar-refractivity contribution in [3.05, 3.63) is 35.6 Å². The fraction of sp³-hybridized carbons (Fsp3) is 0.333. The molecule has 1 aromatic carbocycles. The van der Waals surface area contributed by atoms with Gasteiger partial charge in [0.25, 0.3) is 5.91 Å². The molecule has 0 radical (unpaired) electrons. The van der Waals surface area contributed by atoms with Crippen LogP contribution in [0, 0.1) is 5.82 Å². The molecule has 0 saturated heterocycles. The summed E-state index contributed by atoms with van der Waals surface area (Å²) in [4.78, 5) is 13.6. The summed E-state index contributed by atoms with van der Waals surface area (Å²) in [7, 11) is 0. The van der Waals surface area contributed by atoms with Gasteiger partial charge in [-0.05, 0) is 31.2 Å². The van der Waals surface area contributed by atoms with Crippen LogP contribution in [0.3, 0.4) is 0 Å². The first-order valence-electron chi connectivity index (χ1n) is 5.59. The topological polar surface area (TPSA) is 78.9 Å². The first-order valence-corrected chi connectivity index (χ1v) is 5.59. The van der Waals surface area contributed by atoms with Crippen LogP contribution in [-0.2, 0) is 0 Å². The van der Waals surface area contributed by atoms with E-state index in [1.807, 2.05) is 6.92 Å². The lowest BCUT2D eigenvalue weighted by atomic mass is 10.2. The first-order chi connectivity index (χ1) is 8.58. The molecule has 18 heavy (non-hydrogen) atoms. The molecule has 3 N–H and O–H groups in total. The number of hydrogen-bond donors (Lipinski definition) is 2. The van der Waals surface area contributed by atoms with Crippen molar-refractivity contribution < 1.29 is 14.4 Å². The summed E-state index contributed by atoms with van der Waals surface area (Å²) in [6, 6.07) is 5.35. The van der Waals surface area contributed by atoms with Crippen LogP contribution in [0.1, 0.15) is 23.7 Å². The number of oxime groups is 1. The smallest absolute Gasteiger partial charge is 0.253 e. The summed E-state index contributed by atoms with van der Waals surface area (Å²) < 4.78 is 12.7. The Morgan fingerprint density at radius 3 is 2.56 bits per heavy atom. The molecule has 0 unspecified atom stereocenters. The van der Waals surface area contributed by atoms with Crippen molar-refractivity contribution in [2.24, 2.45) is 10.9 Å². The Morgan fingerprint density at radius 2 is 2.06 bits per heavy atom. The van der Waals surface area contributed by atoms with Gasteiger partial charge in [-0.25, -0.2) is 4.39 Å². The highest BCUT2D eigenvalue weighted by atomic mass is 19.1. The fourth-order valence-corrected chi connectivity index (χ4v) is 1.48. The van der Waals surface area contributed by atoms with Gasteiger partial charge in [0.2, 0.25) is 0 Å². The molecule has 0 aliphatic rings. The van der Waals surface area contributed by atoms with E-state index in [-0.39, 0.29) is 24.0 Å². The summed E-state index contributed by atoms with van der Waals surface area (Å²) in [5.41, 5.74) is 5.76. The van der Waals surface area contributed by atoms with Crippen molar-refractivity contribution in [2.45, 2.75) is 13.3 Å². The molecule has 0 spiro atoms. The molecule has 0 fully saturated rings. The lowest BCUT2D eigenvalue weighted by Gasteiger charge is -2.20. The zero-order valence-electron chi connectivity index (χ0n) is 10.1. The van der Waals surface area contributed by atoms with Crippen molar-refractivity contribution in [1.29, 1.82) is 0 Å². The van der Waals surface area contributed by atoms with Crippen LogP contribution in [0.5, 0.6) is 0 Å². The van der Waals surface area contributed by atoms with Crippen LogP contribution in [-0.4, -0.2) is 34.9 Å². The third-order valence-electron chi connectivity index (χ3n) is 2.53. The molecule has 98 valence electrons. The van der Waals surface area contributed by atoms with Gasteiger partial charge in [0.1, 0.15) is 11.7 Å². The standard InChI is InChI=1S/C12H16FN3O2/c1-2-16(8-7-11(14)15-18)12(17)9-3-5-10(13)6-4-9/h3-6,18H,2,7-8H2,1H3,(H2,14,15). The Bertz CT molecular complexity index is 431. The molecule has 6 heteroatoms. The van der Waals surface area contributed by atoms with Gasteiger partial charge >= 0.3 is 0 Å². The number of carbonyl (C=O) groups excluding carboxylic acids is 1. The van der Waals surface area contributed by atoms with Gasteiger partial charge in [0.05, 0.1) is 0 Å². The van der Waals surface area contributed by atoms with Crippen molar-refractivity contribution in [1.82, 2.24) is 4.90 Å². The number of benzene rings is 1. The number of halogens is 1. The van der Waals surface area contributed by atoms with Gasteiger partial charge in [-0.15, -0.1) is 0 Å². The molecule has 0 saturated carbocycles. The maximum Gasteiger partial charge on any atom is 0.253 e. The first kappa shape index (κ1) is 14.0. The molecule has 0 atom stereocenters. The molecule has 1 amide bonds. The summed E-state index contributed by atoms with van der Waals surface area (Å²) in [5.74, 6) is -0.519. The molecular weight excluding hydrogens is 237 g/mol. The van der Waals surface area contributed by atoms with Crippen LogP contribution < -0.4 is 5.73 Å². The molecule has 0 aliphatic carbocycles. The second-order valence-electron chi connectivity index (χ2n) is 3.73. The largest absolute Gasteiger partial charge is 0.409 e. The molecule has 1 rings (SSSR count). The van der Waals surface area contributed by atoms with E-state index >= 15 is 0 Å². The van der Waals surface area contributed by atoms with E-state index in [9.17, 15) is 9.18 Å². The van der Waals surface area contributed by atoms with Crippen molar-refractivity contribution in [3.8, 4) is 0 Å². The number of rotatable bonds is 5. The molecule has 0 heterocycles. The zero-order chi connectivity index (χ0) is 13.5. The minimum Gasteiger partial charge on any atom is -0.409 e. The Labute approximate surface area is 105 Å². The lowest BCUT2D eigenvalue weighted by molar-refractivity contribution is 0.0768. The molecule has 0 aromatic heterocycles. The van der Waals surface area contributed by atoms with E-state index in [0.29, 0.717) is 18.7 Å². The average Bonchev–Trinajstić information content (AvgIpc) is 2.39. The van der Waals surface area contributed by atoms with E-state index < -0.39 is 0 Å². The highest BCUT2D eigenvalue weighted by molar-refractivity contribution is 5.94. The second kappa shape index (κ2) is 6.58. The molecule has 0 aliphatic heterocycles. The minimum atomic E-state index is -0.383. The molecular formula is C12H16FN3O2. The number of hydrogen-bond acceptors (Lipinski definition) is 3. The predicted molar refractivity (Wildman–Crippen MR) is 66.0 cm³/mol. The number of carbonyl (C=O) groups is 1. The normalized spacial score (nSPS) is 11.3. The summed E-state index contributed by atoms with van der Waals surface area (Å²) in [5, 5.41) is 11.3. The van der Waals surface area contributed by atoms with Crippen molar-refractivity contribution in [2.75, 3.05) is 13.1 Å². The van der Waals surface area contributed by atoms with Gasteiger partial charge < -0.3 is 15.8 Å². The average molecular weight is 253 g/mol. The Hall–Kier alpha value is -2.11. The van der Waals surface area contributed by atoms with Crippen LogP contribution in [0.4, 0.5) is 4.39 Å². The Kier molecular flexibility index (Phi) is 5.10. The molecule has 1 aromatic rings. The minimum absolute atomic E-state index is 0.0698. The number of nitrogens with zero attached hydrogens (tertiary/aromatic N) is 2. The van der Waals surface area contributed by atoms with Crippen LogP contribution >= 0.6 is 0 Å². The number of amides is 1. The number of nitrogens with two attached hydrogens (primary N) is 1. The maximum absolute atomic E-state index is 12.7. The van der Waals surface area contributed by atoms with Crippen LogP contribution in [0.2, 0.25) is 0 Å². The van der Waals surface area contributed by atoms with E-state index in [2.05, 4.69) is 5.16 Å². The summed E-state index contributed by atoms with van der Waals surface area (Å²) >= 11 is 0. The van der Waals surface area contributed by atoms with Crippen LogP contribution in [0.15, 0.2) is 29.4 Å². The Morgan fingerprint density at radius 1 is 1.44 bits per heavy atom. The monoisotopic (exact) mass is 253 g/mol. The summed E-state index contributed by atoms with van der Waals surface area (Å²) in [6.07, 6.45) is 0.289. The lowest BCUT2D eigenvalue weighted by Crippen LogP contribution is -2.33. The van der Waals surface area contributed by atoms with Gasteiger partial charge in [-0.3, -0.25) is 4.79 Å². The quantitative estimate of drug-likeness (QED) is 0.360. The van der Waals surface area contributed by atoms with Crippen molar-refractivity contribution >= 4 is 11.7 Å². The van der Waals surface area contributed by atoms with Crippen molar-refractivity contribution in [3.63, 3.8) is 0 Å². The number of amidine groups is 1. The van der Waals surface area contributed by atoms with Gasteiger partial charge in [0.15, 0.2) is 0 Å². The third kappa shape index (κ3) is 3.73. The van der Waals surface area contributed by atoms with E-state index in [4.69, 9.17) is 10.9 Å². The van der Waals surface area contributed by atoms with E-state index in [1.54, 1.807) is 4.90 Å². The second-order valence-corrected chi connectivity index (χ2v) is 3.73. The third-order valence-corrected chi connectivity index (χ3v) is 2.53. The highest BCUT2D eigenvalue weighted by Gasteiger charge is 2.14. The molecule has 5 nitrogen and oxygen atoms in total. The van der Waals surface area contributed by atoms with E-state index in [1.165, 1.54) is 24.3 Å². The SMILES string of the molecule is CCN(CCC(N)=NO)C(=O)c1ccc(F)cc1. The maximum atomic E-state index is 12.7. The molecule has 0 bridgehead atoms. The van der Waals surface area contributed by atoms with Gasteiger partial charge in [-0.2, -0.15) is 0 Å². The fourth-order valence-electron chi connectivity index (χ4n) is 1.48. The van der Waals surface area contributed by atoms with Gasteiger partial charge in [0, 0.05) is 25.1 Å². The van der Waals surface area contributed by atoms with Crippen LogP contribution in [0.25, 0.3) is 0 Å². The predicted octanol–water partition coefficient (Wildman–Crippen LogP) is 1.42.